The Morgan fingerprint density at radius 1 is 1.10 bits per heavy atom. The summed E-state index contributed by atoms with van der Waals surface area (Å²) in [5.74, 6) is -3.23. The molecule has 0 aromatic heterocycles. The van der Waals surface area contributed by atoms with Crippen LogP contribution in [0.1, 0.15) is 32.6 Å². The van der Waals surface area contributed by atoms with E-state index in [0.717, 1.165) is 12.8 Å². The molecule has 0 bridgehead atoms. The lowest BCUT2D eigenvalue weighted by atomic mass is 9.82. The van der Waals surface area contributed by atoms with E-state index in [1.807, 2.05) is 0 Å². The number of ether oxygens (including phenoxy) is 4. The molecule has 1 saturated heterocycles. The standard InChI is InChI=1S/C14H20O7/c1-14(8-6-4-5-7-9(8)15)20-10(12(16)18-2)11(21-14)13(17)19-3/h8,10-11H,4-7H2,1-3H3/t8-,10+,11+/m0/s1. The van der Waals surface area contributed by atoms with E-state index < -0.39 is 35.9 Å². The van der Waals surface area contributed by atoms with E-state index in [9.17, 15) is 14.4 Å². The van der Waals surface area contributed by atoms with Crippen molar-refractivity contribution >= 4 is 17.7 Å². The highest BCUT2D eigenvalue weighted by molar-refractivity contribution is 5.87. The second-order valence-electron chi connectivity index (χ2n) is 5.40. The minimum Gasteiger partial charge on any atom is -0.467 e. The Balaban J connectivity index is 2.24. The van der Waals surface area contributed by atoms with Crippen molar-refractivity contribution in [3.63, 3.8) is 0 Å². The molecule has 2 rings (SSSR count). The van der Waals surface area contributed by atoms with E-state index in [1.165, 1.54) is 14.2 Å². The molecule has 0 N–H and O–H groups in total. The van der Waals surface area contributed by atoms with Gasteiger partial charge in [0.05, 0.1) is 20.1 Å². The Hall–Kier alpha value is -1.47. The van der Waals surface area contributed by atoms with E-state index in [4.69, 9.17) is 9.47 Å². The Morgan fingerprint density at radius 2 is 1.62 bits per heavy atom. The van der Waals surface area contributed by atoms with Gasteiger partial charge in [-0.15, -0.1) is 0 Å². The zero-order valence-electron chi connectivity index (χ0n) is 12.4. The molecule has 0 aromatic carbocycles. The molecule has 1 heterocycles. The fourth-order valence-electron chi connectivity index (χ4n) is 2.93. The first kappa shape index (κ1) is 15.9. The van der Waals surface area contributed by atoms with Crippen molar-refractivity contribution in [3.8, 4) is 0 Å². The number of esters is 2. The molecule has 118 valence electrons. The van der Waals surface area contributed by atoms with Crippen molar-refractivity contribution in [3.05, 3.63) is 0 Å². The van der Waals surface area contributed by atoms with Gasteiger partial charge >= 0.3 is 11.9 Å². The molecule has 1 aliphatic carbocycles. The summed E-state index contributed by atoms with van der Waals surface area (Å²) in [6.45, 7) is 1.58. The summed E-state index contributed by atoms with van der Waals surface area (Å²) in [5.41, 5.74) is 0. The molecule has 1 saturated carbocycles. The number of hydrogen-bond acceptors (Lipinski definition) is 7. The lowest BCUT2D eigenvalue weighted by molar-refractivity contribution is -0.209. The molecule has 7 nitrogen and oxygen atoms in total. The molecule has 3 atom stereocenters. The average molecular weight is 300 g/mol. The van der Waals surface area contributed by atoms with Gasteiger partial charge in [-0.2, -0.15) is 0 Å². The van der Waals surface area contributed by atoms with Crippen molar-refractivity contribution in [1.82, 2.24) is 0 Å². The summed E-state index contributed by atoms with van der Waals surface area (Å²) in [7, 11) is 2.39. The zero-order valence-corrected chi connectivity index (χ0v) is 12.4. The van der Waals surface area contributed by atoms with Gasteiger partial charge in [0.15, 0.2) is 18.0 Å². The maximum Gasteiger partial charge on any atom is 0.338 e. The summed E-state index contributed by atoms with van der Waals surface area (Å²) in [6, 6.07) is 0. The summed E-state index contributed by atoms with van der Waals surface area (Å²) in [5, 5.41) is 0. The summed E-state index contributed by atoms with van der Waals surface area (Å²) >= 11 is 0. The molecule has 1 aliphatic heterocycles. The van der Waals surface area contributed by atoms with Crippen LogP contribution in [0.25, 0.3) is 0 Å². The highest BCUT2D eigenvalue weighted by Gasteiger charge is 2.57. The van der Waals surface area contributed by atoms with E-state index in [-0.39, 0.29) is 5.78 Å². The maximum absolute atomic E-state index is 12.1. The number of rotatable bonds is 3. The van der Waals surface area contributed by atoms with Crippen LogP contribution in [0, 0.1) is 5.92 Å². The summed E-state index contributed by atoms with van der Waals surface area (Å²) in [6.07, 6.45) is 0.344. The second kappa shape index (κ2) is 6.11. The minimum absolute atomic E-state index is 0.0258. The van der Waals surface area contributed by atoms with Gasteiger partial charge in [-0.25, -0.2) is 9.59 Å². The van der Waals surface area contributed by atoms with Crippen LogP contribution >= 0.6 is 0 Å². The van der Waals surface area contributed by atoms with Crippen LogP contribution in [-0.2, 0) is 33.3 Å². The number of methoxy groups -OCH3 is 2. The molecular weight excluding hydrogens is 280 g/mol. The number of ketones is 1. The van der Waals surface area contributed by atoms with Crippen LogP contribution in [0.15, 0.2) is 0 Å². The van der Waals surface area contributed by atoms with Gasteiger partial charge in [0.1, 0.15) is 5.78 Å². The first-order valence-corrected chi connectivity index (χ1v) is 6.97. The fraction of sp³-hybridized carbons (Fsp3) is 0.786. The monoisotopic (exact) mass is 300 g/mol. The van der Waals surface area contributed by atoms with Gasteiger partial charge in [0, 0.05) is 6.42 Å². The topological polar surface area (TPSA) is 88.1 Å². The van der Waals surface area contributed by atoms with Crippen molar-refractivity contribution in [2.24, 2.45) is 5.92 Å². The second-order valence-corrected chi connectivity index (χ2v) is 5.40. The molecule has 0 spiro atoms. The molecule has 0 amide bonds. The van der Waals surface area contributed by atoms with Gasteiger partial charge in [-0.1, -0.05) is 6.42 Å². The highest BCUT2D eigenvalue weighted by atomic mass is 16.8. The van der Waals surface area contributed by atoms with Crippen molar-refractivity contribution in [1.29, 1.82) is 0 Å². The minimum atomic E-state index is -1.31. The van der Waals surface area contributed by atoms with Crippen molar-refractivity contribution in [2.75, 3.05) is 14.2 Å². The summed E-state index contributed by atoms with van der Waals surface area (Å²) in [4.78, 5) is 35.6. The van der Waals surface area contributed by atoms with Crippen LogP contribution in [0.5, 0.6) is 0 Å². The Kier molecular flexibility index (Phi) is 4.63. The SMILES string of the molecule is COC(=O)[C@@H]1OC(C)([C@H]2CCCCC2=O)O[C@H]1C(=O)OC. The van der Waals surface area contributed by atoms with E-state index >= 15 is 0 Å². The zero-order chi connectivity index (χ0) is 15.6. The summed E-state index contributed by atoms with van der Waals surface area (Å²) < 4.78 is 20.5. The van der Waals surface area contributed by atoms with Gasteiger partial charge in [0.2, 0.25) is 0 Å². The van der Waals surface area contributed by atoms with Crippen LogP contribution in [0.4, 0.5) is 0 Å². The largest absolute Gasteiger partial charge is 0.467 e. The predicted octanol–water partition coefficient (Wildman–Crippen LogP) is 0.592. The van der Waals surface area contributed by atoms with Crippen LogP contribution < -0.4 is 0 Å². The Bertz CT molecular complexity index is 421. The van der Waals surface area contributed by atoms with Gasteiger partial charge in [-0.05, 0) is 19.8 Å². The van der Waals surface area contributed by atoms with Gasteiger partial charge < -0.3 is 18.9 Å². The van der Waals surface area contributed by atoms with Gasteiger partial charge in [0.25, 0.3) is 0 Å². The van der Waals surface area contributed by atoms with E-state index in [2.05, 4.69) is 9.47 Å². The molecule has 2 aliphatic rings. The number of hydrogen-bond donors (Lipinski definition) is 0. The smallest absolute Gasteiger partial charge is 0.338 e. The van der Waals surface area contributed by atoms with Crippen LogP contribution in [0.3, 0.4) is 0 Å². The Morgan fingerprint density at radius 3 is 2.05 bits per heavy atom. The molecule has 0 unspecified atom stereocenters. The lowest BCUT2D eigenvalue weighted by Gasteiger charge is -2.33. The molecule has 0 aromatic rings. The van der Waals surface area contributed by atoms with E-state index in [1.54, 1.807) is 6.92 Å². The van der Waals surface area contributed by atoms with Crippen molar-refractivity contribution < 1.29 is 33.3 Å². The van der Waals surface area contributed by atoms with Crippen LogP contribution in [-0.4, -0.2) is 49.9 Å². The quantitative estimate of drug-likeness (QED) is 0.705. The van der Waals surface area contributed by atoms with Crippen molar-refractivity contribution in [2.45, 2.75) is 50.6 Å². The first-order valence-electron chi connectivity index (χ1n) is 6.97. The van der Waals surface area contributed by atoms with E-state index in [0.29, 0.717) is 12.8 Å². The number of Topliss-reactive ketones (excluding diaryl/α,β-unsaturated/α-hetero) is 1. The first-order chi connectivity index (χ1) is 9.92. The predicted molar refractivity (Wildman–Crippen MR) is 69.1 cm³/mol. The lowest BCUT2D eigenvalue weighted by Crippen LogP contribution is -2.43. The number of carbonyl (C=O) groups is 3. The average Bonchev–Trinajstić information content (AvgIpc) is 2.85. The third-order valence-corrected chi connectivity index (χ3v) is 4.05. The fourth-order valence-corrected chi connectivity index (χ4v) is 2.93. The molecule has 2 fully saturated rings. The van der Waals surface area contributed by atoms with Crippen LogP contribution in [0.2, 0.25) is 0 Å². The normalized spacial score (nSPS) is 31.8. The highest BCUT2D eigenvalue weighted by Crippen LogP contribution is 2.40. The Labute approximate surface area is 122 Å². The molecular formula is C14H20O7. The molecule has 21 heavy (non-hydrogen) atoms. The molecule has 0 radical (unpaired) electrons. The number of carbonyl (C=O) groups excluding carboxylic acids is 3. The molecule has 7 heteroatoms. The third kappa shape index (κ3) is 2.94. The van der Waals surface area contributed by atoms with Gasteiger partial charge in [-0.3, -0.25) is 4.79 Å². The third-order valence-electron chi connectivity index (χ3n) is 4.05. The maximum atomic E-state index is 12.1.